The summed E-state index contributed by atoms with van der Waals surface area (Å²) in [5.74, 6) is 1.57. The first-order chi connectivity index (χ1) is 12.2. The summed E-state index contributed by atoms with van der Waals surface area (Å²) in [4.78, 5) is 1.63. The van der Waals surface area contributed by atoms with Crippen molar-refractivity contribution in [2.45, 2.75) is 13.3 Å². The van der Waals surface area contributed by atoms with Crippen LogP contribution in [-0.2, 0) is 6.42 Å². The van der Waals surface area contributed by atoms with Crippen LogP contribution in [0.3, 0.4) is 0 Å². The van der Waals surface area contributed by atoms with E-state index in [4.69, 9.17) is 30.0 Å². The first-order valence-corrected chi connectivity index (χ1v) is 9.12. The Morgan fingerprint density at radius 2 is 1.44 bits per heavy atom. The zero-order chi connectivity index (χ0) is 17.6. The van der Waals surface area contributed by atoms with Crippen LogP contribution < -0.4 is 4.74 Å². The van der Waals surface area contributed by atoms with Gasteiger partial charge >= 0.3 is 0 Å². The number of benzene rings is 3. The van der Waals surface area contributed by atoms with Crippen molar-refractivity contribution in [3.63, 3.8) is 0 Å². The van der Waals surface area contributed by atoms with Crippen LogP contribution in [0.15, 0.2) is 78.9 Å². The molecule has 0 aliphatic heterocycles. The Balaban J connectivity index is 2.07. The van der Waals surface area contributed by atoms with E-state index in [2.05, 4.69) is 19.1 Å². The minimum atomic E-state index is 0.774. The van der Waals surface area contributed by atoms with Gasteiger partial charge in [-0.05, 0) is 41.8 Å². The number of ether oxygens (including phenoxy) is 1. The Labute approximate surface area is 160 Å². The van der Waals surface area contributed by atoms with E-state index < -0.39 is 0 Å². The maximum absolute atomic E-state index is 6.10. The van der Waals surface area contributed by atoms with Crippen LogP contribution in [-0.4, -0.2) is 0 Å². The van der Waals surface area contributed by atoms with Gasteiger partial charge in [-0.15, -0.1) is 25.3 Å². The van der Waals surface area contributed by atoms with Crippen molar-refractivity contribution < 1.29 is 4.74 Å². The van der Waals surface area contributed by atoms with Crippen LogP contribution in [0.4, 0.5) is 0 Å². The monoisotopic (exact) mass is 364 g/mol. The zero-order valence-electron chi connectivity index (χ0n) is 14.0. The van der Waals surface area contributed by atoms with Gasteiger partial charge in [0, 0.05) is 15.4 Å². The van der Waals surface area contributed by atoms with Crippen LogP contribution in [0, 0.1) is 0 Å². The molecule has 0 amide bonds. The highest BCUT2D eigenvalue weighted by Gasteiger charge is 2.12. The lowest BCUT2D eigenvalue weighted by atomic mass is 10.1. The molecule has 25 heavy (non-hydrogen) atoms. The van der Waals surface area contributed by atoms with Crippen molar-refractivity contribution >= 4 is 35.1 Å². The Kier molecular flexibility index (Phi) is 5.90. The molecule has 0 aromatic heterocycles. The van der Waals surface area contributed by atoms with E-state index in [-0.39, 0.29) is 0 Å². The summed E-state index contributed by atoms with van der Waals surface area (Å²) < 4.78 is 6.10. The molecule has 0 aliphatic rings. The molecule has 0 spiro atoms. The molecule has 0 fully saturated rings. The predicted octanol–water partition coefficient (Wildman–Crippen LogP) is 6.73. The summed E-state index contributed by atoms with van der Waals surface area (Å²) >= 11 is 9.48. The van der Waals surface area contributed by atoms with E-state index in [1.807, 2.05) is 66.7 Å². The van der Waals surface area contributed by atoms with Gasteiger partial charge in [-0.25, -0.2) is 0 Å². The third-order valence-electron chi connectivity index (χ3n) is 3.95. The number of para-hydroxylation sites is 1. The fourth-order valence-electron chi connectivity index (χ4n) is 2.55. The average molecular weight is 365 g/mol. The maximum Gasteiger partial charge on any atom is 0.135 e. The normalized spacial score (nSPS) is 11.8. The second-order valence-corrected chi connectivity index (χ2v) is 6.56. The van der Waals surface area contributed by atoms with Gasteiger partial charge in [0.05, 0.1) is 0 Å². The topological polar surface area (TPSA) is 9.23 Å². The van der Waals surface area contributed by atoms with E-state index >= 15 is 0 Å². The van der Waals surface area contributed by atoms with Gasteiger partial charge in [0.2, 0.25) is 0 Å². The first kappa shape index (κ1) is 17.7. The molecule has 0 heterocycles. The Morgan fingerprint density at radius 1 is 0.800 bits per heavy atom. The van der Waals surface area contributed by atoms with Crippen LogP contribution in [0.25, 0.3) is 9.81 Å². The van der Waals surface area contributed by atoms with Crippen molar-refractivity contribution in [2.75, 3.05) is 0 Å². The van der Waals surface area contributed by atoms with Crippen molar-refractivity contribution in [1.29, 1.82) is 0 Å². The number of hydrogen-bond acceptors (Lipinski definition) is 3. The van der Waals surface area contributed by atoms with Crippen molar-refractivity contribution in [3.8, 4) is 11.5 Å². The number of hydrogen-bond donors (Lipinski definition) is 2. The fraction of sp³-hybridized carbons (Fsp3) is 0.0909. The summed E-state index contributed by atoms with van der Waals surface area (Å²) in [5, 5.41) is 0. The predicted molar refractivity (Wildman–Crippen MR) is 114 cm³/mol. The molecule has 1 nitrogen and oxygen atoms in total. The molecule has 3 heteroatoms. The standard InChI is InChI=1S/C22H20OS2/c1-2-16-13-14-20(23-18-11-7-4-8-12-18)19(15-16)22(25)21(24)17-9-5-3-6-10-17/h3-15,24-25H,2H2,1H3/b22-21-. The van der Waals surface area contributed by atoms with Gasteiger partial charge in [-0.3, -0.25) is 0 Å². The third-order valence-corrected chi connectivity index (χ3v) is 5.07. The van der Waals surface area contributed by atoms with Crippen LogP contribution in [0.1, 0.15) is 23.6 Å². The number of thiol groups is 2. The van der Waals surface area contributed by atoms with Crippen molar-refractivity contribution in [3.05, 3.63) is 95.6 Å². The number of rotatable bonds is 5. The van der Waals surface area contributed by atoms with Crippen molar-refractivity contribution in [2.24, 2.45) is 0 Å². The van der Waals surface area contributed by atoms with Gasteiger partial charge < -0.3 is 4.74 Å². The lowest BCUT2D eigenvalue weighted by Gasteiger charge is -2.15. The van der Waals surface area contributed by atoms with E-state index in [0.717, 1.165) is 38.9 Å². The summed E-state index contributed by atoms with van der Waals surface area (Å²) in [6, 6.07) is 26.0. The molecule has 3 aromatic carbocycles. The Hall–Kier alpha value is -2.10. The van der Waals surface area contributed by atoms with Crippen LogP contribution in [0.2, 0.25) is 0 Å². The molecule has 0 bridgehead atoms. The average Bonchev–Trinajstić information content (AvgIpc) is 2.68. The Bertz CT molecular complexity index is 871. The first-order valence-electron chi connectivity index (χ1n) is 8.23. The summed E-state index contributed by atoms with van der Waals surface area (Å²) in [6.07, 6.45) is 0.951. The van der Waals surface area contributed by atoms with Gasteiger partial charge in [-0.2, -0.15) is 0 Å². The summed E-state index contributed by atoms with van der Waals surface area (Å²) in [5.41, 5.74) is 3.21. The minimum Gasteiger partial charge on any atom is -0.457 e. The molecule has 0 atom stereocenters. The SMILES string of the molecule is CCc1ccc(Oc2ccccc2)c(/C(S)=C(/S)c2ccccc2)c1. The summed E-state index contributed by atoms with van der Waals surface area (Å²) in [6.45, 7) is 2.14. The van der Waals surface area contributed by atoms with Gasteiger partial charge in [0.25, 0.3) is 0 Å². The summed E-state index contributed by atoms with van der Waals surface area (Å²) in [7, 11) is 0. The largest absolute Gasteiger partial charge is 0.457 e. The van der Waals surface area contributed by atoms with E-state index in [9.17, 15) is 0 Å². The highest BCUT2D eigenvalue weighted by atomic mass is 32.1. The van der Waals surface area contributed by atoms with E-state index in [1.54, 1.807) is 0 Å². The van der Waals surface area contributed by atoms with E-state index in [1.165, 1.54) is 5.56 Å². The molecule has 0 radical (unpaired) electrons. The van der Waals surface area contributed by atoms with Gasteiger partial charge in [-0.1, -0.05) is 61.5 Å². The van der Waals surface area contributed by atoms with Gasteiger partial charge in [0.15, 0.2) is 0 Å². The molecule has 0 unspecified atom stereocenters. The number of aryl methyl sites for hydroxylation is 1. The lowest BCUT2D eigenvalue weighted by molar-refractivity contribution is 0.481. The lowest BCUT2D eigenvalue weighted by Crippen LogP contribution is -1.93. The molecule has 3 rings (SSSR count). The minimum absolute atomic E-state index is 0.774. The molecule has 3 aromatic rings. The molecule has 0 N–H and O–H groups in total. The Morgan fingerprint density at radius 3 is 2.08 bits per heavy atom. The van der Waals surface area contributed by atoms with E-state index in [0.29, 0.717) is 0 Å². The third kappa shape index (κ3) is 4.30. The highest BCUT2D eigenvalue weighted by Crippen LogP contribution is 2.38. The van der Waals surface area contributed by atoms with Crippen molar-refractivity contribution in [1.82, 2.24) is 0 Å². The molecule has 0 saturated carbocycles. The molecular weight excluding hydrogens is 344 g/mol. The quantitative estimate of drug-likeness (QED) is 0.377. The second kappa shape index (κ2) is 8.32. The molecule has 0 saturated heterocycles. The maximum atomic E-state index is 6.10. The molecule has 0 aliphatic carbocycles. The molecular formula is C22H20OS2. The zero-order valence-corrected chi connectivity index (χ0v) is 15.8. The molecule has 126 valence electrons. The fourth-order valence-corrected chi connectivity index (χ4v) is 3.12. The van der Waals surface area contributed by atoms with Crippen LogP contribution in [0.5, 0.6) is 11.5 Å². The highest BCUT2D eigenvalue weighted by molar-refractivity contribution is 7.96. The van der Waals surface area contributed by atoms with Crippen LogP contribution >= 0.6 is 25.3 Å². The smallest absolute Gasteiger partial charge is 0.135 e. The second-order valence-electron chi connectivity index (χ2n) is 5.66. The van der Waals surface area contributed by atoms with Gasteiger partial charge in [0.1, 0.15) is 11.5 Å².